The molecule has 0 saturated heterocycles. The number of para-hydroxylation sites is 1. The molecule has 3 aromatic rings. The van der Waals surface area contributed by atoms with Crippen molar-refractivity contribution in [3.63, 3.8) is 0 Å². The van der Waals surface area contributed by atoms with Crippen molar-refractivity contribution in [2.24, 2.45) is 0 Å². The number of amides is 3. The van der Waals surface area contributed by atoms with Crippen LogP contribution in [0.25, 0.3) is 0 Å². The van der Waals surface area contributed by atoms with Gasteiger partial charge in [-0.05, 0) is 67.6 Å². The lowest BCUT2D eigenvalue weighted by atomic mass is 10.2. The number of carbonyl (C=O) groups excluding carboxylic acids is 2. The number of carbonyl (C=O) groups is 2. The van der Waals surface area contributed by atoms with Crippen LogP contribution < -0.4 is 5.32 Å². The average molecular weight is 522 g/mol. The number of nitrogens with one attached hydrogen (secondary N) is 1. The van der Waals surface area contributed by atoms with Gasteiger partial charge in [-0.3, -0.25) is 4.79 Å². The Morgan fingerprint density at radius 3 is 2.24 bits per heavy atom. The van der Waals surface area contributed by atoms with Crippen molar-refractivity contribution in [2.45, 2.75) is 39.9 Å². The Hall–Kier alpha value is -2.61. The number of nitrogens with zero attached hydrogens (tertiary/aromatic N) is 2. The molecule has 3 rings (SSSR count). The molecule has 1 heterocycles. The standard InChI is InChI=1S/C25H26Cl2FN3O2S/c1-16(2)31(25(33)29-24-20(26)5-4-6-21(24)27)15-23(32)30(14-22-17(3)11-12-34-22)13-18-7-9-19(28)10-8-18/h4-12,16H,13-15H2,1-3H3,(H,29,33). The van der Waals surface area contributed by atoms with Gasteiger partial charge >= 0.3 is 6.03 Å². The zero-order valence-electron chi connectivity index (χ0n) is 19.1. The summed E-state index contributed by atoms with van der Waals surface area (Å²) in [4.78, 5) is 30.7. The first-order valence-electron chi connectivity index (χ1n) is 10.7. The number of urea groups is 1. The Kier molecular flexibility index (Phi) is 8.94. The molecule has 0 aliphatic rings. The second-order valence-electron chi connectivity index (χ2n) is 8.15. The average Bonchev–Trinajstić information content (AvgIpc) is 3.19. The molecular formula is C25H26Cl2FN3O2S. The molecule has 5 nitrogen and oxygen atoms in total. The van der Waals surface area contributed by atoms with Crippen molar-refractivity contribution in [1.82, 2.24) is 9.80 Å². The number of hydrogen-bond donors (Lipinski definition) is 1. The molecule has 9 heteroatoms. The maximum absolute atomic E-state index is 13.4. The molecule has 180 valence electrons. The molecule has 3 amide bonds. The number of halogens is 3. The van der Waals surface area contributed by atoms with Crippen LogP contribution in [0.15, 0.2) is 53.9 Å². The normalized spacial score (nSPS) is 10.9. The van der Waals surface area contributed by atoms with Crippen LogP contribution >= 0.6 is 34.5 Å². The Labute approximate surface area is 213 Å². The summed E-state index contributed by atoms with van der Waals surface area (Å²) in [6.07, 6.45) is 0. The van der Waals surface area contributed by atoms with Crippen LogP contribution in [-0.4, -0.2) is 34.3 Å². The van der Waals surface area contributed by atoms with E-state index in [1.165, 1.54) is 17.0 Å². The highest BCUT2D eigenvalue weighted by molar-refractivity contribution is 7.10. The van der Waals surface area contributed by atoms with Gasteiger partial charge in [0.25, 0.3) is 0 Å². The van der Waals surface area contributed by atoms with Gasteiger partial charge in [-0.1, -0.05) is 41.4 Å². The maximum Gasteiger partial charge on any atom is 0.322 e. The summed E-state index contributed by atoms with van der Waals surface area (Å²) in [5.74, 6) is -0.567. The van der Waals surface area contributed by atoms with E-state index >= 15 is 0 Å². The summed E-state index contributed by atoms with van der Waals surface area (Å²) in [5.41, 5.74) is 2.19. The Morgan fingerprint density at radius 2 is 1.68 bits per heavy atom. The van der Waals surface area contributed by atoms with E-state index in [0.29, 0.717) is 28.8 Å². The smallest absolute Gasteiger partial charge is 0.322 e. The van der Waals surface area contributed by atoms with E-state index < -0.39 is 6.03 Å². The van der Waals surface area contributed by atoms with Crippen LogP contribution in [0.3, 0.4) is 0 Å². The highest BCUT2D eigenvalue weighted by Crippen LogP contribution is 2.30. The lowest BCUT2D eigenvalue weighted by Gasteiger charge is -2.30. The van der Waals surface area contributed by atoms with Gasteiger partial charge in [0, 0.05) is 17.5 Å². The summed E-state index contributed by atoms with van der Waals surface area (Å²) in [6, 6.07) is 12.3. The minimum Gasteiger partial charge on any atom is -0.332 e. The lowest BCUT2D eigenvalue weighted by molar-refractivity contribution is -0.133. The van der Waals surface area contributed by atoms with Crippen LogP contribution in [0.1, 0.15) is 29.9 Å². The van der Waals surface area contributed by atoms with Crippen LogP contribution in [0.5, 0.6) is 0 Å². The van der Waals surface area contributed by atoms with Gasteiger partial charge in [0.15, 0.2) is 0 Å². The van der Waals surface area contributed by atoms with Crippen molar-refractivity contribution in [1.29, 1.82) is 0 Å². The van der Waals surface area contributed by atoms with Crippen molar-refractivity contribution in [3.05, 3.63) is 85.8 Å². The SMILES string of the molecule is Cc1ccsc1CN(Cc1ccc(F)cc1)C(=O)CN(C(=O)Nc1c(Cl)cccc1Cl)C(C)C. The van der Waals surface area contributed by atoms with E-state index in [-0.39, 0.29) is 24.3 Å². The quantitative estimate of drug-likeness (QED) is 0.347. The molecule has 0 unspecified atom stereocenters. The molecule has 0 radical (unpaired) electrons. The first-order chi connectivity index (χ1) is 16.2. The molecule has 0 bridgehead atoms. The largest absolute Gasteiger partial charge is 0.332 e. The molecule has 0 spiro atoms. The van der Waals surface area contributed by atoms with E-state index in [4.69, 9.17) is 23.2 Å². The summed E-state index contributed by atoms with van der Waals surface area (Å²) >= 11 is 14.0. The van der Waals surface area contributed by atoms with Crippen LogP contribution in [0.4, 0.5) is 14.9 Å². The Morgan fingerprint density at radius 1 is 1.03 bits per heavy atom. The fourth-order valence-corrected chi connectivity index (χ4v) is 4.73. The zero-order valence-corrected chi connectivity index (χ0v) is 21.5. The first-order valence-corrected chi connectivity index (χ1v) is 12.4. The van der Waals surface area contributed by atoms with Crippen LogP contribution in [0, 0.1) is 12.7 Å². The molecule has 2 aromatic carbocycles. The van der Waals surface area contributed by atoms with Crippen LogP contribution in [-0.2, 0) is 17.9 Å². The van der Waals surface area contributed by atoms with E-state index in [9.17, 15) is 14.0 Å². The second kappa shape index (κ2) is 11.7. The number of anilines is 1. The summed E-state index contributed by atoms with van der Waals surface area (Å²) in [7, 11) is 0. The Balaban J connectivity index is 1.80. The van der Waals surface area contributed by atoms with Gasteiger partial charge < -0.3 is 15.1 Å². The monoisotopic (exact) mass is 521 g/mol. The van der Waals surface area contributed by atoms with Gasteiger partial charge in [-0.2, -0.15) is 0 Å². The molecule has 0 saturated carbocycles. The van der Waals surface area contributed by atoms with E-state index in [2.05, 4.69) is 5.32 Å². The Bertz CT molecular complexity index is 1130. The third kappa shape index (κ3) is 6.72. The van der Waals surface area contributed by atoms with E-state index in [1.54, 1.807) is 46.6 Å². The molecule has 0 atom stereocenters. The zero-order chi connectivity index (χ0) is 24.8. The van der Waals surface area contributed by atoms with E-state index in [1.807, 2.05) is 32.2 Å². The number of rotatable bonds is 8. The fourth-order valence-electron chi connectivity index (χ4n) is 3.31. The van der Waals surface area contributed by atoms with Crippen molar-refractivity contribution >= 4 is 52.2 Å². The molecule has 34 heavy (non-hydrogen) atoms. The third-order valence-electron chi connectivity index (χ3n) is 5.33. The fraction of sp³-hybridized carbons (Fsp3) is 0.280. The summed E-state index contributed by atoms with van der Waals surface area (Å²) in [5, 5.41) is 5.32. The van der Waals surface area contributed by atoms with Gasteiger partial charge in [0.2, 0.25) is 5.91 Å². The van der Waals surface area contributed by atoms with E-state index in [0.717, 1.165) is 16.0 Å². The number of benzene rings is 2. The molecule has 0 aliphatic carbocycles. The van der Waals surface area contributed by atoms with Crippen molar-refractivity contribution in [3.8, 4) is 0 Å². The minimum absolute atomic E-state index is 0.142. The van der Waals surface area contributed by atoms with Gasteiger partial charge in [-0.15, -0.1) is 11.3 Å². The first kappa shape index (κ1) is 26.0. The van der Waals surface area contributed by atoms with Gasteiger partial charge in [0.1, 0.15) is 12.4 Å². The maximum atomic E-state index is 13.4. The molecule has 1 N–H and O–H groups in total. The number of aryl methyl sites for hydroxylation is 1. The summed E-state index contributed by atoms with van der Waals surface area (Å²) in [6.45, 7) is 6.19. The molecule has 1 aromatic heterocycles. The second-order valence-corrected chi connectivity index (χ2v) is 9.97. The third-order valence-corrected chi connectivity index (χ3v) is 6.96. The topological polar surface area (TPSA) is 52.7 Å². The van der Waals surface area contributed by atoms with Crippen molar-refractivity contribution < 1.29 is 14.0 Å². The number of thiophene rings is 1. The predicted octanol–water partition coefficient (Wildman–Crippen LogP) is 6.97. The highest BCUT2D eigenvalue weighted by atomic mass is 35.5. The van der Waals surface area contributed by atoms with Gasteiger partial charge in [0.05, 0.1) is 22.3 Å². The van der Waals surface area contributed by atoms with Crippen molar-refractivity contribution in [2.75, 3.05) is 11.9 Å². The summed E-state index contributed by atoms with van der Waals surface area (Å²) < 4.78 is 13.4. The van der Waals surface area contributed by atoms with Gasteiger partial charge in [-0.25, -0.2) is 9.18 Å². The molecular weight excluding hydrogens is 496 g/mol. The minimum atomic E-state index is -0.479. The number of hydrogen-bond acceptors (Lipinski definition) is 3. The van der Waals surface area contributed by atoms with Crippen LogP contribution in [0.2, 0.25) is 10.0 Å². The highest BCUT2D eigenvalue weighted by Gasteiger charge is 2.25. The predicted molar refractivity (Wildman–Crippen MR) is 137 cm³/mol. The molecule has 0 aliphatic heterocycles. The molecule has 0 fully saturated rings. The lowest BCUT2D eigenvalue weighted by Crippen LogP contribution is -2.47.